The molecular weight excluding hydrogens is 388 g/mol. The topological polar surface area (TPSA) is 71.1 Å². The zero-order valence-corrected chi connectivity index (χ0v) is 17.0. The number of aromatic nitrogens is 3. The van der Waals surface area contributed by atoms with E-state index < -0.39 is 0 Å². The maximum atomic E-state index is 12.6. The van der Waals surface area contributed by atoms with Gasteiger partial charge in [0.05, 0.1) is 5.69 Å². The van der Waals surface area contributed by atoms with E-state index in [4.69, 9.17) is 9.72 Å². The number of nitrogens with one attached hydrogen (secondary N) is 1. The zero-order valence-electron chi connectivity index (χ0n) is 17.0. The van der Waals surface area contributed by atoms with Crippen LogP contribution in [0, 0.1) is 0 Å². The van der Waals surface area contributed by atoms with Crippen LogP contribution in [0.4, 0.5) is 0 Å². The fourth-order valence-electron chi connectivity index (χ4n) is 3.86. The molecule has 0 bridgehead atoms. The average Bonchev–Trinajstić information content (AvgIpc) is 2.80. The van der Waals surface area contributed by atoms with Gasteiger partial charge in [-0.05, 0) is 48.4 Å². The van der Waals surface area contributed by atoms with Crippen molar-refractivity contribution in [3.05, 3.63) is 106 Å². The summed E-state index contributed by atoms with van der Waals surface area (Å²) in [5.41, 5.74) is 3.54. The molecule has 1 aliphatic heterocycles. The lowest BCUT2D eigenvalue weighted by molar-refractivity contribution is 0.240. The van der Waals surface area contributed by atoms with Gasteiger partial charge in [0.15, 0.2) is 0 Å². The highest BCUT2D eigenvalue weighted by molar-refractivity contribution is 5.53. The molecule has 0 fully saturated rings. The van der Waals surface area contributed by atoms with Gasteiger partial charge < -0.3 is 9.72 Å². The lowest BCUT2D eigenvalue weighted by Crippen LogP contribution is -2.35. The number of ether oxygens (including phenoxy) is 1. The number of para-hydroxylation sites is 1. The van der Waals surface area contributed by atoms with Gasteiger partial charge in [0, 0.05) is 43.2 Å². The Morgan fingerprint density at radius 1 is 1.00 bits per heavy atom. The van der Waals surface area contributed by atoms with Crippen LogP contribution in [0.5, 0.6) is 11.5 Å². The van der Waals surface area contributed by atoms with E-state index in [0.717, 1.165) is 47.0 Å². The third-order valence-corrected chi connectivity index (χ3v) is 5.37. The minimum absolute atomic E-state index is 0.0539. The summed E-state index contributed by atoms with van der Waals surface area (Å²) >= 11 is 0. The number of H-pyrrole nitrogens is 1. The summed E-state index contributed by atoms with van der Waals surface area (Å²) in [5.74, 6) is 2.20. The van der Waals surface area contributed by atoms with Gasteiger partial charge >= 0.3 is 0 Å². The molecule has 2 aromatic heterocycles. The summed E-state index contributed by atoms with van der Waals surface area (Å²) in [6.45, 7) is 2.21. The lowest BCUT2D eigenvalue weighted by atomic mass is 10.0. The quantitative estimate of drug-likeness (QED) is 0.534. The van der Waals surface area contributed by atoms with Crippen molar-refractivity contribution in [2.75, 3.05) is 6.54 Å². The molecule has 4 aromatic rings. The number of pyridine rings is 1. The average molecular weight is 410 g/mol. The fraction of sp³-hybridized carbons (Fsp3) is 0.160. The molecule has 0 spiro atoms. The Bertz CT molecular complexity index is 1240. The molecule has 2 aromatic carbocycles. The molecule has 6 heteroatoms. The van der Waals surface area contributed by atoms with Crippen molar-refractivity contribution in [1.82, 2.24) is 19.9 Å². The van der Waals surface area contributed by atoms with E-state index in [1.807, 2.05) is 54.6 Å². The molecule has 0 aliphatic carbocycles. The van der Waals surface area contributed by atoms with Crippen LogP contribution >= 0.6 is 0 Å². The number of benzene rings is 2. The molecule has 0 saturated heterocycles. The van der Waals surface area contributed by atoms with Crippen molar-refractivity contribution in [1.29, 1.82) is 0 Å². The highest BCUT2D eigenvalue weighted by Gasteiger charge is 2.21. The summed E-state index contributed by atoms with van der Waals surface area (Å²) in [7, 11) is 0. The summed E-state index contributed by atoms with van der Waals surface area (Å²) in [4.78, 5) is 26.7. The Hall–Kier alpha value is -3.77. The van der Waals surface area contributed by atoms with Gasteiger partial charge in [-0.1, -0.05) is 30.3 Å². The SMILES string of the molecule is O=c1[nH]c(-c2cccnc2)nc2c1CCN(Cc1cccc(Oc3ccccc3)c1)C2. The smallest absolute Gasteiger partial charge is 0.254 e. The molecule has 0 unspecified atom stereocenters. The van der Waals surface area contributed by atoms with E-state index in [0.29, 0.717) is 18.8 Å². The highest BCUT2D eigenvalue weighted by atomic mass is 16.5. The second-order valence-electron chi connectivity index (χ2n) is 7.60. The number of aromatic amines is 1. The molecule has 31 heavy (non-hydrogen) atoms. The van der Waals surface area contributed by atoms with Crippen LogP contribution in [-0.4, -0.2) is 26.4 Å². The van der Waals surface area contributed by atoms with Gasteiger partial charge in [0.1, 0.15) is 17.3 Å². The molecule has 0 saturated carbocycles. The van der Waals surface area contributed by atoms with Crippen molar-refractivity contribution in [3.8, 4) is 22.9 Å². The molecule has 0 atom stereocenters. The molecule has 1 aliphatic rings. The summed E-state index contributed by atoms with van der Waals surface area (Å²) < 4.78 is 5.96. The van der Waals surface area contributed by atoms with Crippen LogP contribution < -0.4 is 10.3 Å². The van der Waals surface area contributed by atoms with E-state index in [2.05, 4.69) is 27.0 Å². The molecule has 154 valence electrons. The van der Waals surface area contributed by atoms with Crippen LogP contribution in [0.2, 0.25) is 0 Å². The standard InChI is InChI=1S/C25H22N4O2/c30-25-22-11-13-29(17-23(22)27-24(28-25)19-7-5-12-26-15-19)16-18-6-4-10-21(14-18)31-20-8-2-1-3-9-20/h1-10,12,14-15H,11,13,16-17H2,(H,27,28,30). The number of fused-ring (bicyclic) bond motifs is 1. The van der Waals surface area contributed by atoms with Gasteiger partial charge in [0.2, 0.25) is 0 Å². The Morgan fingerprint density at radius 2 is 1.87 bits per heavy atom. The first kappa shape index (κ1) is 19.2. The van der Waals surface area contributed by atoms with E-state index in [9.17, 15) is 4.79 Å². The minimum Gasteiger partial charge on any atom is -0.457 e. The van der Waals surface area contributed by atoms with Crippen LogP contribution in [0.3, 0.4) is 0 Å². The fourth-order valence-corrected chi connectivity index (χ4v) is 3.86. The molecule has 1 N–H and O–H groups in total. The highest BCUT2D eigenvalue weighted by Crippen LogP contribution is 2.24. The summed E-state index contributed by atoms with van der Waals surface area (Å²) in [6.07, 6.45) is 4.10. The monoisotopic (exact) mass is 410 g/mol. The molecule has 6 nitrogen and oxygen atoms in total. The molecule has 3 heterocycles. The van der Waals surface area contributed by atoms with Gasteiger partial charge in [-0.15, -0.1) is 0 Å². The van der Waals surface area contributed by atoms with Crippen LogP contribution in [-0.2, 0) is 19.5 Å². The van der Waals surface area contributed by atoms with E-state index in [1.54, 1.807) is 12.4 Å². The predicted molar refractivity (Wildman–Crippen MR) is 119 cm³/mol. The second kappa shape index (κ2) is 8.53. The Kier molecular flexibility index (Phi) is 5.29. The van der Waals surface area contributed by atoms with Crippen molar-refractivity contribution in [2.45, 2.75) is 19.5 Å². The third kappa shape index (κ3) is 4.39. The van der Waals surface area contributed by atoms with Gasteiger partial charge in [-0.3, -0.25) is 14.7 Å². The maximum Gasteiger partial charge on any atom is 0.254 e. The number of hydrogen-bond donors (Lipinski definition) is 1. The lowest BCUT2D eigenvalue weighted by Gasteiger charge is -2.27. The molecule has 0 amide bonds. The van der Waals surface area contributed by atoms with Crippen LogP contribution in [0.15, 0.2) is 83.9 Å². The van der Waals surface area contributed by atoms with E-state index >= 15 is 0 Å². The Labute approximate surface area is 180 Å². The number of nitrogens with zero attached hydrogens (tertiary/aromatic N) is 3. The maximum absolute atomic E-state index is 12.6. The first-order chi connectivity index (χ1) is 15.2. The van der Waals surface area contributed by atoms with Gasteiger partial charge in [-0.2, -0.15) is 0 Å². The Balaban J connectivity index is 1.34. The van der Waals surface area contributed by atoms with Crippen molar-refractivity contribution in [2.24, 2.45) is 0 Å². The Morgan fingerprint density at radius 3 is 2.71 bits per heavy atom. The number of rotatable bonds is 5. The van der Waals surface area contributed by atoms with Crippen molar-refractivity contribution >= 4 is 0 Å². The summed E-state index contributed by atoms with van der Waals surface area (Å²) in [6, 6.07) is 21.6. The van der Waals surface area contributed by atoms with Gasteiger partial charge in [0.25, 0.3) is 5.56 Å². The molecular formula is C25H22N4O2. The third-order valence-electron chi connectivity index (χ3n) is 5.37. The van der Waals surface area contributed by atoms with Crippen LogP contribution in [0.25, 0.3) is 11.4 Å². The number of hydrogen-bond acceptors (Lipinski definition) is 5. The van der Waals surface area contributed by atoms with Gasteiger partial charge in [-0.25, -0.2) is 4.98 Å². The largest absolute Gasteiger partial charge is 0.457 e. The van der Waals surface area contributed by atoms with Crippen LogP contribution in [0.1, 0.15) is 16.8 Å². The van der Waals surface area contributed by atoms with Crippen molar-refractivity contribution in [3.63, 3.8) is 0 Å². The van der Waals surface area contributed by atoms with E-state index in [-0.39, 0.29) is 5.56 Å². The first-order valence-electron chi connectivity index (χ1n) is 10.3. The normalized spacial score (nSPS) is 13.5. The van der Waals surface area contributed by atoms with Crippen molar-refractivity contribution < 1.29 is 4.74 Å². The zero-order chi connectivity index (χ0) is 21.0. The molecule has 5 rings (SSSR count). The predicted octanol–water partition coefficient (Wildman–Crippen LogP) is 4.18. The minimum atomic E-state index is -0.0539. The summed E-state index contributed by atoms with van der Waals surface area (Å²) in [5, 5.41) is 0. The first-order valence-corrected chi connectivity index (χ1v) is 10.3. The second-order valence-corrected chi connectivity index (χ2v) is 7.60. The van der Waals surface area contributed by atoms with E-state index in [1.165, 1.54) is 0 Å². The molecule has 0 radical (unpaired) electrons.